The van der Waals surface area contributed by atoms with Crippen LogP contribution in [-0.4, -0.2) is 38.1 Å². The van der Waals surface area contributed by atoms with Crippen LogP contribution in [0.2, 0.25) is 5.02 Å². The molecule has 2 rings (SSSR count). The molecule has 2 aromatic rings. The van der Waals surface area contributed by atoms with E-state index in [9.17, 15) is 13.2 Å². The Kier molecular flexibility index (Phi) is 5.96. The highest BCUT2D eigenvalue weighted by Gasteiger charge is 2.30. The lowest BCUT2D eigenvalue weighted by molar-refractivity contribution is 0.0596. The smallest absolute Gasteiger partial charge is 0.339 e. The van der Waals surface area contributed by atoms with Crippen molar-refractivity contribution in [3.05, 3.63) is 64.7 Å². The van der Waals surface area contributed by atoms with Gasteiger partial charge in [-0.1, -0.05) is 35.9 Å². The second kappa shape index (κ2) is 7.98. The first-order valence-corrected chi connectivity index (χ1v) is 8.95. The highest BCUT2D eigenvalue weighted by molar-refractivity contribution is 7.89. The molecule has 2 aromatic carbocycles. The number of carbonyl (C=O) groups is 1. The van der Waals surface area contributed by atoms with Gasteiger partial charge >= 0.3 is 5.97 Å². The summed E-state index contributed by atoms with van der Waals surface area (Å²) in [6.45, 7) is 0. The molecule has 0 saturated heterocycles. The van der Waals surface area contributed by atoms with Gasteiger partial charge in [-0.15, -0.1) is 4.41 Å². The third kappa shape index (κ3) is 4.19. The number of carbonyl (C=O) groups excluding carboxylic acids is 1. The standard InChI is InChI=1S/C16H15ClN4O4S/c1-25-15(22)13-4-2-3-5-14(13)26(23,24)21(16(18)19)20-10-11-6-8-12(17)9-7-11/h2-10H,1H3,(H3,18,19)/b20-10+. The fourth-order valence-corrected chi connectivity index (χ4v) is 3.41. The third-order valence-corrected chi connectivity index (χ3v) is 5.10. The Morgan fingerprint density at radius 3 is 2.42 bits per heavy atom. The van der Waals surface area contributed by atoms with Gasteiger partial charge in [0, 0.05) is 5.02 Å². The van der Waals surface area contributed by atoms with Crippen molar-refractivity contribution in [1.82, 2.24) is 4.41 Å². The molecular weight excluding hydrogens is 380 g/mol. The summed E-state index contributed by atoms with van der Waals surface area (Å²) in [4.78, 5) is 11.5. The summed E-state index contributed by atoms with van der Waals surface area (Å²) in [5.74, 6) is -1.68. The Morgan fingerprint density at radius 1 is 1.23 bits per heavy atom. The number of hydrogen-bond donors (Lipinski definition) is 2. The second-order valence-electron chi connectivity index (χ2n) is 4.92. The largest absolute Gasteiger partial charge is 0.465 e. The quantitative estimate of drug-likeness (QED) is 0.347. The van der Waals surface area contributed by atoms with E-state index in [4.69, 9.17) is 22.7 Å². The molecule has 0 aromatic heterocycles. The van der Waals surface area contributed by atoms with Gasteiger partial charge in [-0.3, -0.25) is 5.41 Å². The van der Waals surface area contributed by atoms with Gasteiger partial charge in [0.05, 0.1) is 18.9 Å². The molecule has 0 heterocycles. The average molecular weight is 395 g/mol. The minimum atomic E-state index is -4.41. The molecule has 136 valence electrons. The van der Waals surface area contributed by atoms with Gasteiger partial charge in [-0.2, -0.15) is 13.5 Å². The number of benzene rings is 2. The van der Waals surface area contributed by atoms with Crippen LogP contribution in [0.5, 0.6) is 0 Å². The molecule has 0 aliphatic heterocycles. The fraction of sp³-hybridized carbons (Fsp3) is 0.0625. The lowest BCUT2D eigenvalue weighted by Gasteiger charge is -2.18. The first-order chi connectivity index (χ1) is 12.3. The van der Waals surface area contributed by atoms with Crippen molar-refractivity contribution in [3.8, 4) is 0 Å². The van der Waals surface area contributed by atoms with E-state index >= 15 is 0 Å². The molecule has 3 N–H and O–H groups in total. The van der Waals surface area contributed by atoms with E-state index in [-0.39, 0.29) is 10.5 Å². The van der Waals surface area contributed by atoms with Crippen molar-refractivity contribution in [2.45, 2.75) is 4.90 Å². The summed E-state index contributed by atoms with van der Waals surface area (Å²) < 4.78 is 30.6. The maximum absolute atomic E-state index is 12.9. The van der Waals surface area contributed by atoms with Crippen LogP contribution in [0.15, 0.2) is 58.5 Å². The molecule has 0 amide bonds. The Morgan fingerprint density at radius 2 is 1.85 bits per heavy atom. The molecule has 0 aliphatic rings. The van der Waals surface area contributed by atoms with Gasteiger partial charge in [-0.25, -0.2) is 4.79 Å². The predicted molar refractivity (Wildman–Crippen MR) is 97.8 cm³/mol. The zero-order valence-corrected chi connectivity index (χ0v) is 15.2. The number of halogens is 1. The summed E-state index contributed by atoms with van der Waals surface area (Å²) in [5, 5.41) is 11.8. The van der Waals surface area contributed by atoms with Crippen molar-refractivity contribution in [3.63, 3.8) is 0 Å². The third-order valence-electron chi connectivity index (χ3n) is 3.19. The molecule has 8 nitrogen and oxygen atoms in total. The monoisotopic (exact) mass is 394 g/mol. The van der Waals surface area contributed by atoms with E-state index in [1.165, 1.54) is 30.5 Å². The lowest BCUT2D eigenvalue weighted by Crippen LogP contribution is -2.38. The van der Waals surface area contributed by atoms with Crippen LogP contribution in [0.1, 0.15) is 15.9 Å². The number of hydrogen-bond acceptors (Lipinski definition) is 6. The highest BCUT2D eigenvalue weighted by atomic mass is 35.5. The predicted octanol–water partition coefficient (Wildman–Crippen LogP) is 2.04. The number of ether oxygens (including phenoxy) is 1. The number of nitrogens with one attached hydrogen (secondary N) is 1. The number of nitrogens with two attached hydrogens (primary N) is 1. The Balaban J connectivity index is 2.48. The first-order valence-electron chi connectivity index (χ1n) is 7.13. The Bertz CT molecular complexity index is 958. The number of sulfonamides is 1. The number of esters is 1. The zero-order valence-electron chi connectivity index (χ0n) is 13.6. The van der Waals surface area contributed by atoms with E-state index in [1.54, 1.807) is 24.3 Å². The molecule has 0 aliphatic carbocycles. The Labute approximate surface area is 155 Å². The maximum Gasteiger partial charge on any atom is 0.339 e. The molecule has 0 fully saturated rings. The van der Waals surface area contributed by atoms with Gasteiger partial charge in [0.25, 0.3) is 10.0 Å². The Hall–Kier alpha value is -2.91. The number of methoxy groups -OCH3 is 1. The van der Waals surface area contributed by atoms with Crippen molar-refractivity contribution in [1.29, 1.82) is 5.41 Å². The molecule has 10 heteroatoms. The summed E-state index contributed by atoms with van der Waals surface area (Å²) in [5.41, 5.74) is 5.73. The minimum Gasteiger partial charge on any atom is -0.465 e. The molecule has 26 heavy (non-hydrogen) atoms. The molecule has 0 unspecified atom stereocenters. The van der Waals surface area contributed by atoms with E-state index < -0.39 is 22.0 Å². The van der Waals surface area contributed by atoms with Crippen molar-refractivity contribution in [2.24, 2.45) is 10.8 Å². The molecule has 0 bridgehead atoms. The fourth-order valence-electron chi connectivity index (χ4n) is 1.99. The van der Waals surface area contributed by atoms with E-state index in [2.05, 4.69) is 9.84 Å². The zero-order chi connectivity index (χ0) is 19.3. The van der Waals surface area contributed by atoms with Crippen LogP contribution in [0.3, 0.4) is 0 Å². The van der Waals surface area contributed by atoms with Crippen molar-refractivity contribution in [2.75, 3.05) is 7.11 Å². The van der Waals surface area contributed by atoms with Crippen LogP contribution in [0.25, 0.3) is 0 Å². The molecular formula is C16H15ClN4O4S. The molecule has 0 radical (unpaired) electrons. The second-order valence-corrected chi connectivity index (χ2v) is 7.09. The van der Waals surface area contributed by atoms with E-state index in [0.29, 0.717) is 15.0 Å². The molecule has 0 spiro atoms. The van der Waals surface area contributed by atoms with Crippen molar-refractivity contribution < 1.29 is 17.9 Å². The summed E-state index contributed by atoms with van der Waals surface area (Å²) >= 11 is 5.79. The highest BCUT2D eigenvalue weighted by Crippen LogP contribution is 2.21. The van der Waals surface area contributed by atoms with Crippen LogP contribution < -0.4 is 5.73 Å². The van der Waals surface area contributed by atoms with Gasteiger partial charge in [0.2, 0.25) is 5.96 Å². The first kappa shape index (κ1) is 19.4. The van der Waals surface area contributed by atoms with Gasteiger partial charge in [0.15, 0.2) is 0 Å². The lowest BCUT2D eigenvalue weighted by atomic mass is 10.2. The number of guanidine groups is 1. The van der Waals surface area contributed by atoms with Gasteiger partial charge in [0.1, 0.15) is 4.90 Å². The average Bonchev–Trinajstić information content (AvgIpc) is 2.62. The van der Waals surface area contributed by atoms with Gasteiger partial charge < -0.3 is 10.5 Å². The maximum atomic E-state index is 12.9. The number of rotatable bonds is 5. The SMILES string of the molecule is COC(=O)c1ccccc1S(=O)(=O)N(/N=C/c1ccc(Cl)cc1)C(=N)N. The number of nitrogens with zero attached hydrogens (tertiary/aromatic N) is 2. The minimum absolute atomic E-state index is 0.192. The van der Waals surface area contributed by atoms with Crippen LogP contribution in [0.4, 0.5) is 0 Å². The van der Waals surface area contributed by atoms with Crippen LogP contribution >= 0.6 is 11.6 Å². The van der Waals surface area contributed by atoms with Gasteiger partial charge in [-0.05, 0) is 29.8 Å². The van der Waals surface area contributed by atoms with E-state index in [1.807, 2.05) is 0 Å². The van der Waals surface area contributed by atoms with Crippen molar-refractivity contribution >= 4 is 39.8 Å². The van der Waals surface area contributed by atoms with Crippen LogP contribution in [0, 0.1) is 5.41 Å². The topological polar surface area (TPSA) is 126 Å². The molecule has 0 atom stereocenters. The number of hydrazone groups is 1. The summed E-state index contributed by atoms with van der Waals surface area (Å²) in [6.07, 6.45) is 1.20. The van der Waals surface area contributed by atoms with Crippen LogP contribution in [-0.2, 0) is 14.8 Å². The summed E-state index contributed by atoms with van der Waals surface area (Å²) in [6, 6.07) is 11.8. The van der Waals surface area contributed by atoms with E-state index in [0.717, 1.165) is 7.11 Å². The summed E-state index contributed by atoms with van der Waals surface area (Å²) in [7, 11) is -3.27. The molecule has 0 saturated carbocycles. The normalized spacial score (nSPS) is 11.3.